The van der Waals surface area contributed by atoms with Crippen molar-refractivity contribution in [3.63, 3.8) is 0 Å². The van der Waals surface area contributed by atoms with Crippen molar-refractivity contribution < 1.29 is 9.53 Å². The van der Waals surface area contributed by atoms with Gasteiger partial charge in [0.1, 0.15) is 5.75 Å². The van der Waals surface area contributed by atoms with E-state index in [2.05, 4.69) is 27.0 Å². The van der Waals surface area contributed by atoms with Crippen LogP contribution in [-0.2, 0) is 11.2 Å². The summed E-state index contributed by atoms with van der Waals surface area (Å²) in [5, 5.41) is 0.648. The molecule has 0 bridgehead atoms. The standard InChI is InChI=1S/C22H30N4O2S/c1-25(21(27)17-29-22-23-11-6-12-24-22)15-18-7-5-13-26(16-18)14-10-19-8-3-4-9-20(19)28-2/h3-4,6,8-9,11-12,18H,5,7,10,13-17H2,1-2H3/t18-/m1/s1. The lowest BCUT2D eigenvalue weighted by atomic mass is 9.97. The summed E-state index contributed by atoms with van der Waals surface area (Å²) in [4.78, 5) is 25.2. The van der Waals surface area contributed by atoms with Crippen LogP contribution in [0.3, 0.4) is 0 Å². The first-order chi connectivity index (χ1) is 14.2. The van der Waals surface area contributed by atoms with Gasteiger partial charge in [-0.15, -0.1) is 0 Å². The predicted octanol–water partition coefficient (Wildman–Crippen LogP) is 2.99. The smallest absolute Gasteiger partial charge is 0.232 e. The first kappa shape index (κ1) is 21.6. The number of methoxy groups -OCH3 is 1. The zero-order valence-corrected chi connectivity index (χ0v) is 18.1. The van der Waals surface area contributed by atoms with E-state index in [1.165, 1.54) is 30.2 Å². The highest BCUT2D eigenvalue weighted by molar-refractivity contribution is 7.99. The Kier molecular flexibility index (Phi) is 8.31. The molecule has 6 nitrogen and oxygen atoms in total. The number of carbonyl (C=O) groups excluding carboxylic acids is 1. The fourth-order valence-corrected chi connectivity index (χ4v) is 4.52. The lowest BCUT2D eigenvalue weighted by Gasteiger charge is -2.34. The van der Waals surface area contributed by atoms with Crippen LogP contribution in [0.1, 0.15) is 18.4 Å². The lowest BCUT2D eigenvalue weighted by Crippen LogP contribution is -2.42. The summed E-state index contributed by atoms with van der Waals surface area (Å²) < 4.78 is 5.47. The average molecular weight is 415 g/mol. The molecule has 2 heterocycles. The van der Waals surface area contributed by atoms with Crippen LogP contribution in [0.4, 0.5) is 0 Å². The molecule has 1 amide bonds. The molecule has 0 unspecified atom stereocenters. The second kappa shape index (κ2) is 11.2. The van der Waals surface area contributed by atoms with E-state index < -0.39 is 0 Å². The number of hydrogen-bond donors (Lipinski definition) is 0. The van der Waals surface area contributed by atoms with Crippen molar-refractivity contribution in [2.45, 2.75) is 24.4 Å². The molecule has 7 heteroatoms. The second-order valence-corrected chi connectivity index (χ2v) is 8.41. The number of thioether (sulfide) groups is 1. The minimum atomic E-state index is 0.133. The van der Waals surface area contributed by atoms with Gasteiger partial charge in [0, 0.05) is 39.1 Å². The lowest BCUT2D eigenvalue weighted by molar-refractivity contribution is -0.127. The SMILES string of the molecule is COc1ccccc1CCN1CCC[C@H](CN(C)C(=O)CSc2ncccn2)C1. The van der Waals surface area contributed by atoms with Crippen molar-refractivity contribution in [2.75, 3.05) is 46.1 Å². The van der Waals surface area contributed by atoms with E-state index in [9.17, 15) is 4.79 Å². The Bertz CT molecular complexity index is 774. The van der Waals surface area contributed by atoms with Gasteiger partial charge in [-0.05, 0) is 49.4 Å². The molecule has 1 fully saturated rings. The minimum Gasteiger partial charge on any atom is -0.496 e. The summed E-state index contributed by atoms with van der Waals surface area (Å²) in [6, 6.07) is 10.0. The molecular formula is C22H30N4O2S. The number of benzene rings is 1. The number of amides is 1. The Morgan fingerprint density at radius 1 is 1.28 bits per heavy atom. The molecule has 2 aromatic rings. The van der Waals surface area contributed by atoms with Gasteiger partial charge < -0.3 is 14.5 Å². The number of rotatable bonds is 9. The van der Waals surface area contributed by atoms with Crippen LogP contribution < -0.4 is 4.74 Å². The van der Waals surface area contributed by atoms with Gasteiger partial charge in [-0.25, -0.2) is 9.97 Å². The maximum atomic E-state index is 12.5. The fraction of sp³-hybridized carbons (Fsp3) is 0.500. The van der Waals surface area contributed by atoms with Crippen LogP contribution in [0.2, 0.25) is 0 Å². The molecular weight excluding hydrogens is 384 g/mol. The van der Waals surface area contributed by atoms with Crippen LogP contribution in [0, 0.1) is 5.92 Å². The zero-order valence-electron chi connectivity index (χ0n) is 17.3. The molecule has 0 aliphatic carbocycles. The molecule has 1 aromatic carbocycles. The maximum Gasteiger partial charge on any atom is 0.232 e. The van der Waals surface area contributed by atoms with Gasteiger partial charge in [-0.3, -0.25) is 4.79 Å². The number of ether oxygens (including phenoxy) is 1. The molecule has 0 radical (unpaired) electrons. The summed E-state index contributed by atoms with van der Waals surface area (Å²) in [6.07, 6.45) is 6.75. The Hall–Kier alpha value is -2.12. The highest BCUT2D eigenvalue weighted by Crippen LogP contribution is 2.21. The molecule has 1 aliphatic heterocycles. The molecule has 1 aliphatic rings. The van der Waals surface area contributed by atoms with Crippen molar-refractivity contribution in [1.82, 2.24) is 19.8 Å². The van der Waals surface area contributed by atoms with Gasteiger partial charge in [0.05, 0.1) is 12.9 Å². The topological polar surface area (TPSA) is 58.6 Å². The van der Waals surface area contributed by atoms with Crippen molar-refractivity contribution in [2.24, 2.45) is 5.92 Å². The normalized spacial score (nSPS) is 17.1. The van der Waals surface area contributed by atoms with E-state index in [1.54, 1.807) is 25.6 Å². The van der Waals surface area contributed by atoms with Gasteiger partial charge >= 0.3 is 0 Å². The van der Waals surface area contributed by atoms with E-state index in [1.807, 2.05) is 24.1 Å². The molecule has 3 rings (SSSR count). The maximum absolute atomic E-state index is 12.5. The highest BCUT2D eigenvalue weighted by Gasteiger charge is 2.23. The number of likely N-dealkylation sites (tertiary alicyclic amines) is 1. The summed E-state index contributed by atoms with van der Waals surface area (Å²) in [5.74, 6) is 2.00. The molecule has 0 spiro atoms. The van der Waals surface area contributed by atoms with Crippen LogP contribution in [0.25, 0.3) is 0 Å². The summed E-state index contributed by atoms with van der Waals surface area (Å²) in [6.45, 7) is 4.00. The third kappa shape index (κ3) is 6.72. The van der Waals surface area contributed by atoms with Crippen LogP contribution in [-0.4, -0.2) is 71.8 Å². The van der Waals surface area contributed by atoms with Gasteiger partial charge in [0.15, 0.2) is 5.16 Å². The first-order valence-electron chi connectivity index (χ1n) is 10.1. The Morgan fingerprint density at radius 3 is 2.86 bits per heavy atom. The molecule has 1 saturated heterocycles. The van der Waals surface area contributed by atoms with Crippen LogP contribution in [0.5, 0.6) is 5.75 Å². The Labute approximate surface area is 177 Å². The average Bonchev–Trinajstić information content (AvgIpc) is 2.77. The number of hydrogen-bond acceptors (Lipinski definition) is 6. The summed E-state index contributed by atoms with van der Waals surface area (Å²) in [7, 11) is 3.63. The number of piperidine rings is 1. The van der Waals surface area contributed by atoms with Crippen molar-refractivity contribution in [1.29, 1.82) is 0 Å². The molecule has 0 saturated carbocycles. The molecule has 29 heavy (non-hydrogen) atoms. The minimum absolute atomic E-state index is 0.133. The number of carbonyl (C=O) groups is 1. The molecule has 156 valence electrons. The summed E-state index contributed by atoms with van der Waals surface area (Å²) in [5.41, 5.74) is 1.25. The molecule has 1 aromatic heterocycles. The number of nitrogens with zero attached hydrogens (tertiary/aromatic N) is 4. The third-order valence-electron chi connectivity index (χ3n) is 5.32. The zero-order chi connectivity index (χ0) is 20.5. The van der Waals surface area contributed by atoms with Gasteiger partial charge in [-0.1, -0.05) is 30.0 Å². The highest BCUT2D eigenvalue weighted by atomic mass is 32.2. The van der Waals surface area contributed by atoms with Crippen molar-refractivity contribution in [3.05, 3.63) is 48.3 Å². The van der Waals surface area contributed by atoms with Gasteiger partial charge in [0.25, 0.3) is 0 Å². The Morgan fingerprint density at radius 2 is 2.07 bits per heavy atom. The van der Waals surface area contributed by atoms with E-state index in [0.29, 0.717) is 16.8 Å². The van der Waals surface area contributed by atoms with Gasteiger partial charge in [-0.2, -0.15) is 0 Å². The number of aromatic nitrogens is 2. The van der Waals surface area contributed by atoms with Crippen LogP contribution >= 0.6 is 11.8 Å². The molecule has 1 atom stereocenters. The van der Waals surface area contributed by atoms with Crippen molar-refractivity contribution in [3.8, 4) is 5.75 Å². The van der Waals surface area contributed by atoms with Crippen LogP contribution in [0.15, 0.2) is 47.9 Å². The third-order valence-corrected chi connectivity index (χ3v) is 6.18. The Balaban J connectivity index is 1.43. The predicted molar refractivity (Wildman–Crippen MR) is 116 cm³/mol. The fourth-order valence-electron chi connectivity index (χ4n) is 3.78. The molecule has 0 N–H and O–H groups in total. The summed E-state index contributed by atoms with van der Waals surface area (Å²) >= 11 is 1.39. The van der Waals surface area contributed by atoms with E-state index in [0.717, 1.165) is 38.3 Å². The van der Waals surface area contributed by atoms with Gasteiger partial charge in [0.2, 0.25) is 5.91 Å². The van der Waals surface area contributed by atoms with E-state index in [4.69, 9.17) is 4.74 Å². The number of para-hydroxylation sites is 1. The van der Waals surface area contributed by atoms with E-state index in [-0.39, 0.29) is 5.91 Å². The van der Waals surface area contributed by atoms with E-state index >= 15 is 0 Å². The first-order valence-corrected chi connectivity index (χ1v) is 11.1. The second-order valence-electron chi connectivity index (χ2n) is 7.47. The van der Waals surface area contributed by atoms with Crippen molar-refractivity contribution >= 4 is 17.7 Å². The monoisotopic (exact) mass is 414 g/mol. The quantitative estimate of drug-likeness (QED) is 0.464. The largest absolute Gasteiger partial charge is 0.496 e.